The number of ether oxygens (including phenoxy) is 1. The van der Waals surface area contributed by atoms with Crippen molar-refractivity contribution >= 4 is 5.78 Å². The molecule has 0 atom stereocenters. The molecule has 0 saturated carbocycles. The van der Waals surface area contributed by atoms with E-state index in [9.17, 15) is 4.79 Å². The number of hydrogen-bond acceptors (Lipinski definition) is 2. The Hall–Kier alpha value is -1.93. The van der Waals surface area contributed by atoms with Gasteiger partial charge in [-0.2, -0.15) is 0 Å². The molecule has 0 N–H and O–H groups in total. The Morgan fingerprint density at radius 1 is 1.00 bits per heavy atom. The van der Waals surface area contributed by atoms with E-state index in [0.717, 1.165) is 38.0 Å². The van der Waals surface area contributed by atoms with Crippen LogP contribution in [-0.2, 0) is 10.2 Å². The smallest absolute Gasteiger partial charge is 0.162 e. The molecule has 1 fully saturated rings. The van der Waals surface area contributed by atoms with E-state index in [4.69, 9.17) is 4.74 Å². The lowest BCUT2D eigenvalue weighted by atomic mass is 9.70. The third-order valence-corrected chi connectivity index (χ3v) is 5.04. The van der Waals surface area contributed by atoms with Gasteiger partial charge in [-0.1, -0.05) is 60.2 Å². The largest absolute Gasteiger partial charge is 0.381 e. The van der Waals surface area contributed by atoms with Crippen molar-refractivity contribution in [1.82, 2.24) is 0 Å². The third kappa shape index (κ3) is 3.70. The highest BCUT2D eigenvalue weighted by Gasteiger charge is 2.34. The van der Waals surface area contributed by atoms with Gasteiger partial charge < -0.3 is 4.74 Å². The second-order valence-electron chi connectivity index (χ2n) is 6.55. The maximum Gasteiger partial charge on any atom is 0.162 e. The molecule has 1 aliphatic heterocycles. The Kier molecular flexibility index (Phi) is 4.92. The first-order valence-corrected chi connectivity index (χ1v) is 8.43. The summed E-state index contributed by atoms with van der Waals surface area (Å²) < 4.78 is 5.57. The monoisotopic (exact) mass is 308 g/mol. The standard InChI is InChI=1S/C21H24O2/c1-17-7-9-18(10-8-17)20(22)11-12-21(13-15-23-16-14-21)19-5-3-2-4-6-19/h2-10H,11-16H2,1H3. The van der Waals surface area contributed by atoms with E-state index in [-0.39, 0.29) is 11.2 Å². The van der Waals surface area contributed by atoms with Crippen LogP contribution >= 0.6 is 0 Å². The zero-order valence-electron chi connectivity index (χ0n) is 13.8. The van der Waals surface area contributed by atoms with Gasteiger partial charge in [-0.05, 0) is 31.7 Å². The van der Waals surface area contributed by atoms with Gasteiger partial charge in [0.15, 0.2) is 5.78 Å². The van der Waals surface area contributed by atoms with Gasteiger partial charge in [0.1, 0.15) is 0 Å². The molecule has 0 aliphatic carbocycles. The number of aryl methyl sites for hydroxylation is 1. The van der Waals surface area contributed by atoms with Crippen LogP contribution in [0.25, 0.3) is 0 Å². The summed E-state index contributed by atoms with van der Waals surface area (Å²) in [7, 11) is 0. The predicted octanol–water partition coefficient (Wildman–Crippen LogP) is 4.71. The number of hydrogen-bond donors (Lipinski definition) is 0. The Morgan fingerprint density at radius 3 is 2.30 bits per heavy atom. The molecule has 1 aliphatic rings. The van der Waals surface area contributed by atoms with Crippen LogP contribution in [0, 0.1) is 6.92 Å². The first kappa shape index (κ1) is 15.9. The molecule has 2 nitrogen and oxygen atoms in total. The molecule has 2 aromatic carbocycles. The summed E-state index contributed by atoms with van der Waals surface area (Å²) in [4.78, 5) is 12.5. The van der Waals surface area contributed by atoms with Gasteiger partial charge in [0.05, 0.1) is 0 Å². The van der Waals surface area contributed by atoms with Gasteiger partial charge in [-0.3, -0.25) is 4.79 Å². The molecule has 1 heterocycles. The van der Waals surface area contributed by atoms with Gasteiger partial charge in [0.25, 0.3) is 0 Å². The zero-order chi connectivity index (χ0) is 16.1. The lowest BCUT2D eigenvalue weighted by Gasteiger charge is -2.38. The van der Waals surface area contributed by atoms with E-state index in [1.165, 1.54) is 11.1 Å². The van der Waals surface area contributed by atoms with Gasteiger partial charge in [0, 0.05) is 30.6 Å². The quantitative estimate of drug-likeness (QED) is 0.748. The maximum absolute atomic E-state index is 12.5. The Morgan fingerprint density at radius 2 is 1.65 bits per heavy atom. The molecule has 3 rings (SSSR count). The van der Waals surface area contributed by atoms with E-state index >= 15 is 0 Å². The molecule has 0 bridgehead atoms. The minimum atomic E-state index is 0.0832. The average Bonchev–Trinajstić information content (AvgIpc) is 2.62. The van der Waals surface area contributed by atoms with Crippen molar-refractivity contribution in [1.29, 1.82) is 0 Å². The van der Waals surface area contributed by atoms with Crippen LogP contribution in [0.4, 0.5) is 0 Å². The van der Waals surface area contributed by atoms with Crippen LogP contribution in [0.15, 0.2) is 54.6 Å². The Balaban J connectivity index is 1.74. The van der Waals surface area contributed by atoms with E-state index in [1.54, 1.807) is 0 Å². The van der Waals surface area contributed by atoms with E-state index < -0.39 is 0 Å². The summed E-state index contributed by atoms with van der Waals surface area (Å²) in [6.07, 6.45) is 3.49. The molecule has 0 aromatic heterocycles. The van der Waals surface area contributed by atoms with Gasteiger partial charge in [-0.25, -0.2) is 0 Å². The summed E-state index contributed by atoms with van der Waals surface area (Å²) in [6.45, 7) is 3.61. The van der Waals surface area contributed by atoms with Crippen LogP contribution in [-0.4, -0.2) is 19.0 Å². The van der Waals surface area contributed by atoms with E-state index in [2.05, 4.69) is 24.3 Å². The predicted molar refractivity (Wildman–Crippen MR) is 92.9 cm³/mol. The minimum absolute atomic E-state index is 0.0832. The van der Waals surface area contributed by atoms with Crippen molar-refractivity contribution in [2.75, 3.05) is 13.2 Å². The fourth-order valence-corrected chi connectivity index (χ4v) is 3.47. The van der Waals surface area contributed by atoms with Crippen LogP contribution in [0.3, 0.4) is 0 Å². The molecule has 0 radical (unpaired) electrons. The molecule has 0 spiro atoms. The van der Waals surface area contributed by atoms with Crippen LogP contribution in [0.2, 0.25) is 0 Å². The Bertz CT molecular complexity index is 637. The second-order valence-corrected chi connectivity index (χ2v) is 6.55. The molecule has 0 unspecified atom stereocenters. The summed E-state index contributed by atoms with van der Waals surface area (Å²) in [6, 6.07) is 18.5. The first-order chi connectivity index (χ1) is 11.2. The maximum atomic E-state index is 12.5. The highest BCUT2D eigenvalue weighted by atomic mass is 16.5. The SMILES string of the molecule is Cc1ccc(C(=O)CCC2(c3ccccc3)CCOCC2)cc1. The average molecular weight is 308 g/mol. The minimum Gasteiger partial charge on any atom is -0.381 e. The molecule has 1 saturated heterocycles. The lowest BCUT2D eigenvalue weighted by Crippen LogP contribution is -2.34. The number of benzene rings is 2. The summed E-state index contributed by atoms with van der Waals surface area (Å²) in [5, 5.41) is 0. The molecular formula is C21H24O2. The van der Waals surface area contributed by atoms with Crippen LogP contribution in [0.1, 0.15) is 47.2 Å². The molecular weight excluding hydrogens is 284 g/mol. The van der Waals surface area contributed by atoms with Crippen LogP contribution in [0.5, 0.6) is 0 Å². The number of Topliss-reactive ketones (excluding diaryl/α,β-unsaturated/α-hetero) is 1. The van der Waals surface area contributed by atoms with Crippen molar-refractivity contribution in [3.8, 4) is 0 Å². The highest BCUT2D eigenvalue weighted by molar-refractivity contribution is 5.96. The highest BCUT2D eigenvalue weighted by Crippen LogP contribution is 2.39. The fraction of sp³-hybridized carbons (Fsp3) is 0.381. The van der Waals surface area contributed by atoms with Crippen molar-refractivity contribution in [3.63, 3.8) is 0 Å². The first-order valence-electron chi connectivity index (χ1n) is 8.43. The van der Waals surface area contributed by atoms with E-state index in [0.29, 0.717) is 6.42 Å². The number of ketones is 1. The summed E-state index contributed by atoms with van der Waals surface area (Å²) in [5.41, 5.74) is 3.44. The van der Waals surface area contributed by atoms with Gasteiger partial charge in [0.2, 0.25) is 0 Å². The zero-order valence-corrected chi connectivity index (χ0v) is 13.8. The molecule has 2 heteroatoms. The number of carbonyl (C=O) groups excluding carboxylic acids is 1. The lowest BCUT2D eigenvalue weighted by molar-refractivity contribution is 0.0453. The normalized spacial score (nSPS) is 16.9. The van der Waals surface area contributed by atoms with Crippen molar-refractivity contribution in [2.24, 2.45) is 0 Å². The van der Waals surface area contributed by atoms with Crippen molar-refractivity contribution in [2.45, 2.75) is 38.0 Å². The van der Waals surface area contributed by atoms with Gasteiger partial charge >= 0.3 is 0 Å². The summed E-state index contributed by atoms with van der Waals surface area (Å²) in [5.74, 6) is 0.242. The second kappa shape index (κ2) is 7.10. The van der Waals surface area contributed by atoms with E-state index in [1.807, 2.05) is 37.3 Å². The van der Waals surface area contributed by atoms with Gasteiger partial charge in [-0.15, -0.1) is 0 Å². The molecule has 23 heavy (non-hydrogen) atoms. The molecule has 2 aromatic rings. The number of carbonyl (C=O) groups is 1. The molecule has 120 valence electrons. The topological polar surface area (TPSA) is 26.3 Å². The number of rotatable bonds is 5. The summed E-state index contributed by atoms with van der Waals surface area (Å²) >= 11 is 0. The van der Waals surface area contributed by atoms with Crippen LogP contribution < -0.4 is 0 Å². The van der Waals surface area contributed by atoms with Crippen molar-refractivity contribution in [3.05, 3.63) is 71.3 Å². The van der Waals surface area contributed by atoms with Crippen molar-refractivity contribution < 1.29 is 9.53 Å². The Labute approximate surface area is 138 Å². The fourth-order valence-electron chi connectivity index (χ4n) is 3.47. The third-order valence-electron chi connectivity index (χ3n) is 5.04. The molecule has 0 amide bonds.